The first-order valence-corrected chi connectivity index (χ1v) is 3.57. The Hall–Kier alpha value is -1.08. The van der Waals surface area contributed by atoms with Crippen LogP contribution >= 0.6 is 0 Å². The van der Waals surface area contributed by atoms with Crippen LogP contribution in [0.2, 0.25) is 0 Å². The fourth-order valence-electron chi connectivity index (χ4n) is 0.972. The van der Waals surface area contributed by atoms with Crippen molar-refractivity contribution in [3.63, 3.8) is 0 Å². The number of morpholine rings is 1. The molecule has 0 spiro atoms. The lowest BCUT2D eigenvalue weighted by atomic mass is 10.3. The van der Waals surface area contributed by atoms with E-state index < -0.39 is 0 Å². The second kappa shape index (κ2) is 3.94. The molecule has 1 fully saturated rings. The molecule has 0 aromatic rings. The normalized spacial score (nSPS) is 18.1. The highest BCUT2D eigenvalue weighted by molar-refractivity contribution is 5.77. The minimum Gasteiger partial charge on any atom is -0.370 e. The summed E-state index contributed by atoms with van der Waals surface area (Å²) in [4.78, 5) is 12.7. The predicted molar refractivity (Wildman–Crippen MR) is 37.6 cm³/mol. The largest absolute Gasteiger partial charge is 0.370 e. The van der Waals surface area contributed by atoms with Crippen molar-refractivity contribution in [3.05, 3.63) is 0 Å². The maximum Gasteiger partial charge on any atom is 0.248 e. The van der Waals surface area contributed by atoms with E-state index in [-0.39, 0.29) is 12.5 Å². The molecular formula is C7H10N2O2. The zero-order valence-electron chi connectivity index (χ0n) is 6.25. The number of nitriles is 1. The molecule has 0 aromatic heterocycles. The molecule has 0 radical (unpaired) electrons. The Kier molecular flexibility index (Phi) is 2.87. The standard InChI is InChI=1S/C7H10N2O2/c8-2-1-3-9-4-5-11-6-7(9)10/h1,3-6H2. The van der Waals surface area contributed by atoms with Gasteiger partial charge < -0.3 is 9.64 Å². The first kappa shape index (κ1) is 8.02. The average Bonchev–Trinajstić information content (AvgIpc) is 2.03. The van der Waals surface area contributed by atoms with Crippen LogP contribution in [0.1, 0.15) is 6.42 Å². The lowest BCUT2D eigenvalue weighted by Crippen LogP contribution is -2.41. The van der Waals surface area contributed by atoms with Gasteiger partial charge >= 0.3 is 0 Å². The number of rotatable bonds is 2. The molecular weight excluding hydrogens is 144 g/mol. The third-order valence-corrected chi connectivity index (χ3v) is 1.58. The Morgan fingerprint density at radius 3 is 3.18 bits per heavy atom. The van der Waals surface area contributed by atoms with Gasteiger partial charge in [0.05, 0.1) is 19.1 Å². The molecule has 0 aliphatic carbocycles. The zero-order chi connectivity index (χ0) is 8.10. The molecule has 1 aliphatic heterocycles. The second-order valence-corrected chi connectivity index (χ2v) is 2.34. The van der Waals surface area contributed by atoms with Crippen LogP contribution in [0.4, 0.5) is 0 Å². The predicted octanol–water partition coefficient (Wildman–Crippen LogP) is -0.241. The van der Waals surface area contributed by atoms with Crippen molar-refractivity contribution in [1.82, 2.24) is 4.90 Å². The van der Waals surface area contributed by atoms with E-state index in [2.05, 4.69) is 0 Å². The molecule has 1 amide bonds. The van der Waals surface area contributed by atoms with Crippen molar-refractivity contribution in [3.8, 4) is 6.07 Å². The van der Waals surface area contributed by atoms with Crippen molar-refractivity contribution in [2.24, 2.45) is 0 Å². The second-order valence-electron chi connectivity index (χ2n) is 2.34. The Labute approximate surface area is 65.4 Å². The molecule has 0 bridgehead atoms. The molecule has 0 atom stereocenters. The number of carbonyl (C=O) groups is 1. The summed E-state index contributed by atoms with van der Waals surface area (Å²) in [5, 5.41) is 8.26. The summed E-state index contributed by atoms with van der Waals surface area (Å²) in [6, 6.07) is 2.00. The summed E-state index contributed by atoms with van der Waals surface area (Å²) in [5.41, 5.74) is 0. The third-order valence-electron chi connectivity index (χ3n) is 1.58. The molecule has 4 nitrogen and oxygen atoms in total. The maximum absolute atomic E-state index is 11.0. The van der Waals surface area contributed by atoms with Crippen molar-refractivity contribution in [2.45, 2.75) is 6.42 Å². The molecule has 60 valence electrons. The van der Waals surface area contributed by atoms with Crippen molar-refractivity contribution < 1.29 is 9.53 Å². The van der Waals surface area contributed by atoms with Crippen LogP contribution in [0.3, 0.4) is 0 Å². The number of nitrogens with zero attached hydrogens (tertiary/aromatic N) is 2. The van der Waals surface area contributed by atoms with E-state index in [1.54, 1.807) is 4.90 Å². The summed E-state index contributed by atoms with van der Waals surface area (Å²) >= 11 is 0. The number of carbonyl (C=O) groups excluding carboxylic acids is 1. The van der Waals surface area contributed by atoms with Gasteiger partial charge in [-0.15, -0.1) is 0 Å². The molecule has 0 N–H and O–H groups in total. The lowest BCUT2D eigenvalue weighted by molar-refractivity contribution is -0.142. The Bertz CT molecular complexity index is 185. The first-order chi connectivity index (χ1) is 5.34. The van der Waals surface area contributed by atoms with Crippen LogP contribution in [0, 0.1) is 11.3 Å². The summed E-state index contributed by atoms with van der Waals surface area (Å²) < 4.78 is 4.92. The summed E-state index contributed by atoms with van der Waals surface area (Å²) in [6.07, 6.45) is 0.408. The average molecular weight is 154 g/mol. The van der Waals surface area contributed by atoms with E-state index in [1.807, 2.05) is 6.07 Å². The first-order valence-electron chi connectivity index (χ1n) is 3.57. The van der Waals surface area contributed by atoms with Crippen LogP contribution in [0.5, 0.6) is 0 Å². The van der Waals surface area contributed by atoms with Gasteiger partial charge in [0.1, 0.15) is 6.61 Å². The van der Waals surface area contributed by atoms with Gasteiger partial charge in [0.15, 0.2) is 0 Å². The van der Waals surface area contributed by atoms with Crippen LogP contribution in [-0.4, -0.2) is 37.1 Å². The molecule has 0 aromatic carbocycles. The smallest absolute Gasteiger partial charge is 0.248 e. The fraction of sp³-hybridized carbons (Fsp3) is 0.714. The van der Waals surface area contributed by atoms with Crippen molar-refractivity contribution >= 4 is 5.91 Å². The number of amides is 1. The van der Waals surface area contributed by atoms with E-state index in [9.17, 15) is 4.79 Å². The van der Waals surface area contributed by atoms with Gasteiger partial charge in [0, 0.05) is 13.1 Å². The lowest BCUT2D eigenvalue weighted by Gasteiger charge is -2.25. The van der Waals surface area contributed by atoms with Crippen LogP contribution in [0.25, 0.3) is 0 Å². The Balaban J connectivity index is 2.31. The van der Waals surface area contributed by atoms with E-state index in [0.717, 1.165) is 0 Å². The molecule has 4 heteroatoms. The minimum atomic E-state index is -0.00787. The minimum absolute atomic E-state index is 0.00787. The molecule has 1 heterocycles. The summed E-state index contributed by atoms with van der Waals surface area (Å²) in [6.45, 7) is 1.93. The number of hydrogen-bond acceptors (Lipinski definition) is 3. The highest BCUT2D eigenvalue weighted by Gasteiger charge is 2.17. The van der Waals surface area contributed by atoms with E-state index in [1.165, 1.54) is 0 Å². The van der Waals surface area contributed by atoms with Gasteiger partial charge in [0.2, 0.25) is 5.91 Å². The Morgan fingerprint density at radius 2 is 2.55 bits per heavy atom. The monoisotopic (exact) mass is 154 g/mol. The van der Waals surface area contributed by atoms with E-state index in [4.69, 9.17) is 10.00 Å². The Morgan fingerprint density at radius 1 is 1.73 bits per heavy atom. The van der Waals surface area contributed by atoms with Crippen LogP contribution in [0.15, 0.2) is 0 Å². The molecule has 11 heavy (non-hydrogen) atoms. The quantitative estimate of drug-likeness (QED) is 0.551. The number of ether oxygens (including phenoxy) is 1. The highest BCUT2D eigenvalue weighted by Crippen LogP contribution is 1.98. The zero-order valence-corrected chi connectivity index (χ0v) is 6.25. The van der Waals surface area contributed by atoms with E-state index in [0.29, 0.717) is 26.1 Å². The van der Waals surface area contributed by atoms with Gasteiger partial charge in [-0.05, 0) is 0 Å². The van der Waals surface area contributed by atoms with Crippen LogP contribution in [-0.2, 0) is 9.53 Å². The van der Waals surface area contributed by atoms with Gasteiger partial charge in [-0.1, -0.05) is 0 Å². The molecule has 0 unspecified atom stereocenters. The molecule has 1 saturated heterocycles. The highest BCUT2D eigenvalue weighted by atomic mass is 16.5. The van der Waals surface area contributed by atoms with Gasteiger partial charge in [-0.3, -0.25) is 4.79 Å². The van der Waals surface area contributed by atoms with Crippen molar-refractivity contribution in [2.75, 3.05) is 26.3 Å². The summed E-state index contributed by atoms with van der Waals surface area (Å²) in [5.74, 6) is -0.00787. The molecule has 0 saturated carbocycles. The summed E-state index contributed by atoms with van der Waals surface area (Å²) in [7, 11) is 0. The molecule has 1 rings (SSSR count). The molecule has 1 aliphatic rings. The SMILES string of the molecule is N#CCCN1CCOCC1=O. The van der Waals surface area contributed by atoms with Gasteiger partial charge in [-0.25, -0.2) is 0 Å². The van der Waals surface area contributed by atoms with Gasteiger partial charge in [-0.2, -0.15) is 5.26 Å². The topological polar surface area (TPSA) is 53.3 Å². The number of hydrogen-bond donors (Lipinski definition) is 0. The fourth-order valence-corrected chi connectivity index (χ4v) is 0.972. The third kappa shape index (κ3) is 2.20. The van der Waals surface area contributed by atoms with Crippen LogP contribution < -0.4 is 0 Å². The van der Waals surface area contributed by atoms with Gasteiger partial charge in [0.25, 0.3) is 0 Å². The van der Waals surface area contributed by atoms with Crippen molar-refractivity contribution in [1.29, 1.82) is 5.26 Å². The maximum atomic E-state index is 11.0. The van der Waals surface area contributed by atoms with E-state index >= 15 is 0 Å².